The topological polar surface area (TPSA) is 58.1 Å². The molecule has 5 nitrogen and oxygen atoms in total. The summed E-state index contributed by atoms with van der Waals surface area (Å²) >= 11 is 0. The third-order valence-electron chi connectivity index (χ3n) is 6.09. The summed E-state index contributed by atoms with van der Waals surface area (Å²) in [6.07, 6.45) is 0.845. The maximum atomic E-state index is 14.3. The van der Waals surface area contributed by atoms with Gasteiger partial charge in [-0.05, 0) is 49.4 Å². The van der Waals surface area contributed by atoms with Gasteiger partial charge in [0.05, 0.1) is 11.7 Å². The zero-order chi connectivity index (χ0) is 22.1. The molecule has 2 unspecified atom stereocenters. The van der Waals surface area contributed by atoms with Gasteiger partial charge in [0.15, 0.2) is 0 Å². The van der Waals surface area contributed by atoms with E-state index in [-0.39, 0.29) is 17.9 Å². The fraction of sp³-hybridized carbons (Fsp3) is 0.192. The Morgan fingerprint density at radius 2 is 1.78 bits per heavy atom. The fourth-order valence-corrected chi connectivity index (χ4v) is 4.53. The van der Waals surface area contributed by atoms with Gasteiger partial charge in [-0.15, -0.1) is 5.10 Å². The van der Waals surface area contributed by atoms with Crippen molar-refractivity contribution >= 4 is 22.7 Å². The number of carbonyl (C=O) groups excluding carboxylic acids is 1. The van der Waals surface area contributed by atoms with Crippen LogP contribution in [0.4, 0.5) is 10.1 Å². The molecule has 6 heteroatoms. The molecule has 1 fully saturated rings. The molecule has 0 saturated carbocycles. The number of aromatic nitrogens is 2. The van der Waals surface area contributed by atoms with Crippen LogP contribution in [0.3, 0.4) is 0 Å². The van der Waals surface area contributed by atoms with Crippen molar-refractivity contribution in [1.29, 1.82) is 0 Å². The molecule has 3 aromatic carbocycles. The zero-order valence-corrected chi connectivity index (χ0v) is 17.7. The highest BCUT2D eigenvalue weighted by Crippen LogP contribution is 2.36. The van der Waals surface area contributed by atoms with Crippen LogP contribution in [0.25, 0.3) is 22.0 Å². The second kappa shape index (κ2) is 8.48. The van der Waals surface area contributed by atoms with E-state index in [9.17, 15) is 9.18 Å². The fourth-order valence-electron chi connectivity index (χ4n) is 4.53. The number of nitrogens with zero attached hydrogens (tertiary/aromatic N) is 3. The predicted molar refractivity (Wildman–Crippen MR) is 124 cm³/mol. The van der Waals surface area contributed by atoms with Gasteiger partial charge in [-0.25, -0.2) is 4.39 Å². The highest BCUT2D eigenvalue weighted by molar-refractivity contribution is 5.96. The number of hydrogen-bond acceptors (Lipinski definition) is 5. The molecule has 1 N–H and O–H groups in total. The molecule has 1 aliphatic heterocycles. The van der Waals surface area contributed by atoms with Gasteiger partial charge < -0.3 is 10.2 Å². The Hall–Kier alpha value is -3.64. The van der Waals surface area contributed by atoms with Gasteiger partial charge >= 0.3 is 0 Å². The number of hydrogen-bond donors (Lipinski definition) is 1. The predicted octanol–water partition coefficient (Wildman–Crippen LogP) is 4.79. The van der Waals surface area contributed by atoms with Gasteiger partial charge in [-0.1, -0.05) is 30.3 Å². The molecule has 5 rings (SSSR count). The normalized spacial score (nSPS) is 18.6. The zero-order valence-electron chi connectivity index (χ0n) is 17.7. The summed E-state index contributed by atoms with van der Waals surface area (Å²) in [6.45, 7) is 3.73. The first-order valence-electron chi connectivity index (χ1n) is 10.7. The van der Waals surface area contributed by atoms with Gasteiger partial charge in [-0.3, -0.25) is 4.79 Å². The van der Waals surface area contributed by atoms with Crippen LogP contribution in [-0.2, 0) is 0 Å². The van der Waals surface area contributed by atoms with Gasteiger partial charge in [0.2, 0.25) is 0 Å². The maximum Gasteiger partial charge on any atom is 0.150 e. The first-order valence-corrected chi connectivity index (χ1v) is 10.7. The summed E-state index contributed by atoms with van der Waals surface area (Å²) in [6, 6.07) is 22.1. The molecule has 4 aromatic rings. The Morgan fingerprint density at radius 3 is 2.53 bits per heavy atom. The third kappa shape index (κ3) is 3.63. The van der Waals surface area contributed by atoms with Gasteiger partial charge in [-0.2, -0.15) is 5.10 Å². The number of fused-ring (bicyclic) bond motifs is 1. The summed E-state index contributed by atoms with van der Waals surface area (Å²) in [5.41, 5.74) is 4.03. The number of rotatable bonds is 4. The minimum atomic E-state index is -0.301. The third-order valence-corrected chi connectivity index (χ3v) is 6.09. The van der Waals surface area contributed by atoms with Crippen LogP contribution in [0, 0.1) is 5.82 Å². The number of carbonyl (C=O) groups is 1. The molecule has 2 atom stereocenters. The van der Waals surface area contributed by atoms with E-state index in [1.165, 1.54) is 6.07 Å². The molecule has 0 radical (unpaired) electrons. The van der Waals surface area contributed by atoms with Gasteiger partial charge in [0, 0.05) is 46.7 Å². The highest BCUT2D eigenvalue weighted by atomic mass is 19.1. The monoisotopic (exact) mass is 426 g/mol. The molecule has 32 heavy (non-hydrogen) atoms. The van der Waals surface area contributed by atoms with Crippen molar-refractivity contribution in [2.45, 2.75) is 19.0 Å². The lowest BCUT2D eigenvalue weighted by molar-refractivity contribution is 0.112. The van der Waals surface area contributed by atoms with E-state index in [0.717, 1.165) is 47.1 Å². The van der Waals surface area contributed by atoms with Crippen molar-refractivity contribution in [1.82, 2.24) is 15.5 Å². The van der Waals surface area contributed by atoms with Crippen molar-refractivity contribution in [2.75, 3.05) is 18.0 Å². The second-order valence-corrected chi connectivity index (χ2v) is 8.08. The Balaban J connectivity index is 1.67. The number of piperazine rings is 1. The molecule has 160 valence electrons. The van der Waals surface area contributed by atoms with Crippen LogP contribution in [-0.4, -0.2) is 35.6 Å². The first kappa shape index (κ1) is 20.3. The van der Waals surface area contributed by atoms with Crippen LogP contribution in [0.15, 0.2) is 72.8 Å². The lowest BCUT2D eigenvalue weighted by atomic mass is 9.94. The second-order valence-electron chi connectivity index (χ2n) is 8.08. The molecule has 1 aliphatic rings. The highest BCUT2D eigenvalue weighted by Gasteiger charge is 2.33. The summed E-state index contributed by atoms with van der Waals surface area (Å²) in [5, 5.41) is 14.4. The molecule has 0 aliphatic carbocycles. The van der Waals surface area contributed by atoms with Crippen LogP contribution >= 0.6 is 0 Å². The lowest BCUT2D eigenvalue weighted by Crippen LogP contribution is -2.52. The van der Waals surface area contributed by atoms with E-state index in [1.54, 1.807) is 12.1 Å². The van der Waals surface area contributed by atoms with Crippen molar-refractivity contribution in [3.05, 3.63) is 89.9 Å². The van der Waals surface area contributed by atoms with E-state index in [2.05, 4.69) is 27.3 Å². The van der Waals surface area contributed by atoms with Gasteiger partial charge in [0.1, 0.15) is 17.8 Å². The SMILES string of the molecule is CC1NCCN(c2ccc(C=O)cc2)C1c1nnc(-c2ccccc2)c2cc(F)ccc12. The van der Waals surface area contributed by atoms with E-state index >= 15 is 0 Å². The molecule has 1 aromatic heterocycles. The van der Waals surface area contributed by atoms with Gasteiger partial charge in [0.25, 0.3) is 0 Å². The lowest BCUT2D eigenvalue weighted by Gasteiger charge is -2.42. The maximum absolute atomic E-state index is 14.3. The number of benzene rings is 3. The average Bonchev–Trinajstić information content (AvgIpc) is 2.84. The van der Waals surface area contributed by atoms with E-state index < -0.39 is 0 Å². The van der Waals surface area contributed by atoms with Crippen molar-refractivity contribution in [3.8, 4) is 11.3 Å². The van der Waals surface area contributed by atoms with Crippen LogP contribution < -0.4 is 10.2 Å². The minimum Gasteiger partial charge on any atom is -0.360 e. The van der Waals surface area contributed by atoms with Crippen LogP contribution in [0.1, 0.15) is 29.0 Å². The molecule has 2 heterocycles. The van der Waals surface area contributed by atoms with Crippen molar-refractivity contribution < 1.29 is 9.18 Å². The first-order chi connectivity index (χ1) is 15.7. The smallest absolute Gasteiger partial charge is 0.150 e. The Labute approximate surface area is 185 Å². The minimum absolute atomic E-state index is 0.0969. The molecular formula is C26H23FN4O. The average molecular weight is 426 g/mol. The van der Waals surface area contributed by atoms with E-state index in [0.29, 0.717) is 11.3 Å². The largest absolute Gasteiger partial charge is 0.360 e. The van der Waals surface area contributed by atoms with Crippen LogP contribution in [0.5, 0.6) is 0 Å². The number of nitrogens with one attached hydrogen (secondary N) is 1. The molecule has 0 spiro atoms. The molecular weight excluding hydrogens is 403 g/mol. The summed E-state index contributed by atoms with van der Waals surface area (Å²) < 4.78 is 14.3. The number of halogens is 1. The van der Waals surface area contributed by atoms with E-state index in [4.69, 9.17) is 0 Å². The number of aldehydes is 1. The summed E-state index contributed by atoms with van der Waals surface area (Å²) in [5.74, 6) is -0.301. The molecule has 0 bridgehead atoms. The van der Waals surface area contributed by atoms with Crippen LogP contribution in [0.2, 0.25) is 0 Å². The Kier molecular flexibility index (Phi) is 5.37. The van der Waals surface area contributed by atoms with Crippen molar-refractivity contribution in [2.24, 2.45) is 0 Å². The number of anilines is 1. The molecule has 1 saturated heterocycles. The van der Waals surface area contributed by atoms with Crippen molar-refractivity contribution in [3.63, 3.8) is 0 Å². The molecule has 0 amide bonds. The quantitative estimate of drug-likeness (QED) is 0.476. The van der Waals surface area contributed by atoms with E-state index in [1.807, 2.05) is 54.6 Å². The summed E-state index contributed by atoms with van der Waals surface area (Å²) in [7, 11) is 0. The summed E-state index contributed by atoms with van der Waals surface area (Å²) in [4.78, 5) is 13.4. The standard InChI is InChI=1S/C26H23FN4O/c1-17-26(31(14-13-28-17)21-10-7-18(16-32)8-11-21)25-22-12-9-20(27)15-23(22)24(29-30-25)19-5-3-2-4-6-19/h2-12,15-17,26,28H,13-14H2,1H3. The Bertz CT molecular complexity index is 1260. The Morgan fingerprint density at radius 1 is 1.00 bits per heavy atom.